The molecule has 0 aliphatic heterocycles. The van der Waals surface area contributed by atoms with Crippen LogP contribution in [0.15, 0.2) is 29.4 Å². The van der Waals surface area contributed by atoms with Crippen molar-refractivity contribution in [1.29, 1.82) is 0 Å². The van der Waals surface area contributed by atoms with Gasteiger partial charge in [-0.05, 0) is 37.3 Å². The number of carbonyl (C=O) groups is 1. The first-order valence-electron chi connectivity index (χ1n) is 9.30. The third kappa shape index (κ3) is 4.58. The second kappa shape index (κ2) is 8.52. The maximum atomic E-state index is 12.7. The van der Waals surface area contributed by atoms with Gasteiger partial charge in [0.1, 0.15) is 0 Å². The zero-order valence-electron chi connectivity index (χ0n) is 15.9. The number of rotatable bonds is 5. The van der Waals surface area contributed by atoms with E-state index in [1.807, 2.05) is 19.1 Å². The minimum Gasteiger partial charge on any atom is -0.352 e. The first-order valence-corrected chi connectivity index (χ1v) is 10.6. The summed E-state index contributed by atoms with van der Waals surface area (Å²) in [6, 6.07) is 7.52. The Bertz CT molecular complexity index is 811. The van der Waals surface area contributed by atoms with Crippen molar-refractivity contribution < 1.29 is 4.79 Å². The second-order valence-electron chi connectivity index (χ2n) is 7.33. The van der Waals surface area contributed by atoms with E-state index < -0.39 is 0 Å². The van der Waals surface area contributed by atoms with Crippen LogP contribution < -0.4 is 11.2 Å². The predicted octanol–water partition coefficient (Wildman–Crippen LogP) is 3.73. The highest BCUT2D eigenvalue weighted by atomic mass is 35.5. The van der Waals surface area contributed by atoms with Crippen LogP contribution in [0.2, 0.25) is 5.02 Å². The second-order valence-corrected chi connectivity index (χ2v) is 9.07. The first kappa shape index (κ1) is 20.0. The van der Waals surface area contributed by atoms with Crippen molar-refractivity contribution >= 4 is 29.3 Å². The van der Waals surface area contributed by atoms with E-state index in [0.29, 0.717) is 27.8 Å². The molecule has 4 atom stereocenters. The summed E-state index contributed by atoms with van der Waals surface area (Å²) in [6.45, 7) is 6.35. The smallest absolute Gasteiger partial charge is 0.233 e. The van der Waals surface area contributed by atoms with Gasteiger partial charge in [-0.1, -0.05) is 62.2 Å². The average Bonchev–Trinajstić information content (AvgIpc) is 2.99. The number of carbonyl (C=O) groups excluding carboxylic acids is 1. The number of benzene rings is 1. The van der Waals surface area contributed by atoms with Crippen LogP contribution in [0.5, 0.6) is 0 Å². The van der Waals surface area contributed by atoms with Crippen LogP contribution in [0, 0.1) is 11.8 Å². The van der Waals surface area contributed by atoms with Crippen LogP contribution in [-0.4, -0.2) is 32.1 Å². The quantitative estimate of drug-likeness (QED) is 0.582. The number of nitrogens with zero attached hydrogens (tertiary/aromatic N) is 3. The molecule has 146 valence electrons. The van der Waals surface area contributed by atoms with Gasteiger partial charge in [-0.3, -0.25) is 4.79 Å². The Hall–Kier alpha value is -1.73. The number of hydrogen-bond donors (Lipinski definition) is 2. The molecule has 1 aromatic heterocycles. The average molecular weight is 408 g/mol. The normalized spacial score (nSPS) is 23.8. The summed E-state index contributed by atoms with van der Waals surface area (Å²) in [7, 11) is 0. The summed E-state index contributed by atoms with van der Waals surface area (Å²) in [4.78, 5) is 12.7. The van der Waals surface area contributed by atoms with Crippen molar-refractivity contribution in [3.8, 4) is 11.4 Å². The molecule has 1 amide bonds. The molecule has 1 aromatic carbocycles. The molecule has 0 bridgehead atoms. The van der Waals surface area contributed by atoms with Crippen LogP contribution in [-0.2, 0) is 4.79 Å². The topological polar surface area (TPSA) is 85.8 Å². The van der Waals surface area contributed by atoms with Gasteiger partial charge in [0, 0.05) is 16.6 Å². The van der Waals surface area contributed by atoms with Crippen LogP contribution in [0.25, 0.3) is 11.4 Å². The van der Waals surface area contributed by atoms with Crippen LogP contribution in [0.3, 0.4) is 0 Å². The Morgan fingerprint density at radius 2 is 2.15 bits per heavy atom. The molecule has 8 heteroatoms. The van der Waals surface area contributed by atoms with Crippen LogP contribution in [0.1, 0.15) is 40.0 Å². The first-order chi connectivity index (χ1) is 12.9. The molecule has 3 rings (SSSR count). The van der Waals surface area contributed by atoms with Gasteiger partial charge >= 0.3 is 0 Å². The zero-order valence-corrected chi connectivity index (χ0v) is 17.4. The van der Waals surface area contributed by atoms with Crippen molar-refractivity contribution in [3.63, 3.8) is 0 Å². The highest BCUT2D eigenvalue weighted by Gasteiger charge is 2.30. The molecule has 1 saturated carbocycles. The maximum absolute atomic E-state index is 12.7. The minimum atomic E-state index is -0.312. The summed E-state index contributed by atoms with van der Waals surface area (Å²) in [5.74, 6) is 7.81. The van der Waals surface area contributed by atoms with E-state index >= 15 is 0 Å². The monoisotopic (exact) mass is 407 g/mol. The fourth-order valence-corrected chi connectivity index (χ4v) is 4.45. The molecule has 0 spiro atoms. The Labute approximate surface area is 169 Å². The molecule has 3 N–H and O–H groups in total. The minimum absolute atomic E-state index is 0.0123. The van der Waals surface area contributed by atoms with Crippen molar-refractivity contribution in [2.24, 2.45) is 11.8 Å². The lowest BCUT2D eigenvalue weighted by Gasteiger charge is -2.35. The SMILES string of the molecule is C[C@@H]1[C@H](C)CCC[C@@H]1NC(=O)[C@@H](C)Sc1nnc(-c2cccc(Cl)c2)n1N. The maximum Gasteiger partial charge on any atom is 0.233 e. The molecule has 1 heterocycles. The Balaban J connectivity index is 1.65. The van der Waals surface area contributed by atoms with E-state index in [0.717, 1.165) is 18.4 Å². The Morgan fingerprint density at radius 1 is 1.37 bits per heavy atom. The largest absolute Gasteiger partial charge is 0.352 e. The summed E-state index contributed by atoms with van der Waals surface area (Å²) in [6.07, 6.45) is 3.44. The molecule has 0 radical (unpaired) electrons. The van der Waals surface area contributed by atoms with Gasteiger partial charge in [0.2, 0.25) is 11.1 Å². The summed E-state index contributed by atoms with van der Waals surface area (Å²) >= 11 is 7.35. The van der Waals surface area contributed by atoms with Gasteiger partial charge < -0.3 is 11.2 Å². The van der Waals surface area contributed by atoms with Gasteiger partial charge in [-0.2, -0.15) is 0 Å². The Kier molecular flexibility index (Phi) is 6.32. The fraction of sp³-hybridized carbons (Fsp3) is 0.526. The standard InChI is InChI=1S/C19H26ClN5OS/c1-11-6-4-9-16(12(11)2)22-18(26)13(3)27-19-24-23-17(25(19)21)14-7-5-8-15(20)10-14/h5,7-8,10-13,16H,4,6,9,21H2,1-3H3,(H,22,26)/t11-,12-,13-,16+/m1/s1. The Morgan fingerprint density at radius 3 is 2.89 bits per heavy atom. The molecule has 27 heavy (non-hydrogen) atoms. The van der Waals surface area contributed by atoms with Crippen LogP contribution in [0.4, 0.5) is 0 Å². The molecular weight excluding hydrogens is 382 g/mol. The van der Waals surface area contributed by atoms with Crippen LogP contribution >= 0.6 is 23.4 Å². The molecule has 1 fully saturated rings. The third-order valence-electron chi connectivity index (χ3n) is 5.43. The fourth-order valence-electron chi connectivity index (χ4n) is 3.48. The molecule has 6 nitrogen and oxygen atoms in total. The summed E-state index contributed by atoms with van der Waals surface area (Å²) < 4.78 is 1.41. The van der Waals surface area contributed by atoms with Gasteiger partial charge in [-0.25, -0.2) is 4.68 Å². The number of hydrogen-bond acceptors (Lipinski definition) is 5. The predicted molar refractivity (Wildman–Crippen MR) is 110 cm³/mol. The van der Waals surface area contributed by atoms with E-state index in [1.54, 1.807) is 12.1 Å². The summed E-state index contributed by atoms with van der Waals surface area (Å²) in [5, 5.41) is 12.3. The van der Waals surface area contributed by atoms with E-state index in [-0.39, 0.29) is 17.2 Å². The van der Waals surface area contributed by atoms with Crippen molar-refractivity contribution in [2.45, 2.75) is 56.5 Å². The number of nitrogens with two attached hydrogens (primary N) is 1. The number of nitrogen functional groups attached to an aromatic ring is 1. The molecule has 2 aromatic rings. The molecule has 1 aliphatic carbocycles. The number of nitrogens with one attached hydrogen (secondary N) is 1. The van der Waals surface area contributed by atoms with E-state index in [2.05, 4.69) is 29.4 Å². The lowest BCUT2D eigenvalue weighted by molar-refractivity contribution is -0.121. The summed E-state index contributed by atoms with van der Waals surface area (Å²) in [5.41, 5.74) is 0.784. The lowest BCUT2D eigenvalue weighted by Crippen LogP contribution is -2.46. The number of thioether (sulfide) groups is 1. The van der Waals surface area contributed by atoms with Gasteiger partial charge in [0.05, 0.1) is 5.25 Å². The molecule has 0 saturated heterocycles. The molecule has 1 aliphatic rings. The number of halogens is 1. The van der Waals surface area contributed by atoms with Crippen molar-refractivity contribution in [2.75, 3.05) is 5.84 Å². The van der Waals surface area contributed by atoms with E-state index in [9.17, 15) is 4.79 Å². The molecule has 0 unspecified atom stereocenters. The highest BCUT2D eigenvalue weighted by Crippen LogP contribution is 2.30. The van der Waals surface area contributed by atoms with Crippen molar-refractivity contribution in [1.82, 2.24) is 20.2 Å². The van der Waals surface area contributed by atoms with E-state index in [1.165, 1.54) is 22.9 Å². The molecular formula is C19H26ClN5OS. The zero-order chi connectivity index (χ0) is 19.6. The highest BCUT2D eigenvalue weighted by molar-refractivity contribution is 8.00. The van der Waals surface area contributed by atoms with E-state index in [4.69, 9.17) is 17.4 Å². The third-order valence-corrected chi connectivity index (χ3v) is 6.73. The lowest BCUT2D eigenvalue weighted by atomic mass is 9.78. The van der Waals surface area contributed by atoms with Crippen molar-refractivity contribution in [3.05, 3.63) is 29.3 Å². The van der Waals surface area contributed by atoms with Gasteiger partial charge in [-0.15, -0.1) is 10.2 Å². The number of amides is 1. The van der Waals surface area contributed by atoms with Gasteiger partial charge in [0.25, 0.3) is 0 Å². The van der Waals surface area contributed by atoms with Gasteiger partial charge in [0.15, 0.2) is 5.82 Å². The number of aromatic nitrogens is 3.